The maximum Gasteiger partial charge on any atom is 0.337 e. The van der Waals surface area contributed by atoms with Gasteiger partial charge in [-0.05, 0) is 38.1 Å². The first kappa shape index (κ1) is 21.7. The molecule has 0 spiro atoms. The molecule has 0 bridgehead atoms. The van der Waals surface area contributed by atoms with Crippen LogP contribution >= 0.6 is 0 Å². The number of nitriles is 1. The zero-order valence-electron chi connectivity index (χ0n) is 14.9. The van der Waals surface area contributed by atoms with Gasteiger partial charge in [-0.25, -0.2) is 4.79 Å². The van der Waals surface area contributed by atoms with Crippen molar-refractivity contribution in [2.24, 2.45) is 0 Å². The number of allylic oxidation sites excluding steroid dienone is 3. The van der Waals surface area contributed by atoms with E-state index >= 15 is 0 Å². The van der Waals surface area contributed by atoms with E-state index in [4.69, 9.17) is 10.4 Å². The first-order valence-electron chi connectivity index (χ1n) is 7.46. The van der Waals surface area contributed by atoms with Gasteiger partial charge in [0.2, 0.25) is 5.91 Å². The molecule has 132 valence electrons. The lowest BCUT2D eigenvalue weighted by Crippen LogP contribution is -2.13. The predicted octanol–water partition coefficient (Wildman–Crippen LogP) is 3.41. The van der Waals surface area contributed by atoms with Crippen molar-refractivity contribution >= 4 is 17.6 Å². The van der Waals surface area contributed by atoms with Crippen molar-refractivity contribution in [3.63, 3.8) is 0 Å². The van der Waals surface area contributed by atoms with Crippen molar-refractivity contribution in [3.05, 3.63) is 65.9 Å². The summed E-state index contributed by atoms with van der Waals surface area (Å²) in [5.41, 5.74) is 0.833. The van der Waals surface area contributed by atoms with E-state index in [1.807, 2.05) is 32.1 Å². The molecule has 6 nitrogen and oxygen atoms in total. The van der Waals surface area contributed by atoms with Gasteiger partial charge >= 0.3 is 5.97 Å². The molecular weight excluding hydrogens is 318 g/mol. The highest BCUT2D eigenvalue weighted by molar-refractivity contribution is 6.04. The van der Waals surface area contributed by atoms with Crippen molar-refractivity contribution in [1.82, 2.24) is 4.90 Å². The highest BCUT2D eigenvalue weighted by atomic mass is 16.4. The number of aromatic carboxylic acids is 1. The molecular formula is C19H23N3O3. The lowest BCUT2D eigenvalue weighted by molar-refractivity contribution is -0.111. The van der Waals surface area contributed by atoms with Crippen LogP contribution in [0.1, 0.15) is 29.8 Å². The Morgan fingerprint density at radius 3 is 2.28 bits per heavy atom. The smallest absolute Gasteiger partial charge is 0.337 e. The van der Waals surface area contributed by atoms with Crippen molar-refractivity contribution in [1.29, 1.82) is 5.26 Å². The maximum atomic E-state index is 11.8. The molecule has 0 fully saturated rings. The monoisotopic (exact) mass is 341 g/mol. The van der Waals surface area contributed by atoms with Crippen LogP contribution in [-0.4, -0.2) is 36.0 Å². The number of rotatable bonds is 5. The van der Waals surface area contributed by atoms with Gasteiger partial charge in [0.1, 0.15) is 0 Å². The predicted molar refractivity (Wildman–Crippen MR) is 99.2 cm³/mol. The Labute approximate surface area is 148 Å². The number of hydrogen-bond acceptors (Lipinski definition) is 4. The minimum Gasteiger partial charge on any atom is -0.478 e. The minimum absolute atomic E-state index is 0.131. The molecule has 0 aliphatic rings. The number of anilines is 1. The third-order valence-corrected chi connectivity index (χ3v) is 2.97. The van der Waals surface area contributed by atoms with E-state index in [0.29, 0.717) is 5.70 Å². The van der Waals surface area contributed by atoms with Crippen LogP contribution in [0.15, 0.2) is 54.8 Å². The van der Waals surface area contributed by atoms with Crippen LogP contribution in [0.5, 0.6) is 0 Å². The molecule has 0 unspecified atom stereocenters. The van der Waals surface area contributed by atoms with Gasteiger partial charge in [-0.15, -0.1) is 0 Å². The number of benzene rings is 1. The van der Waals surface area contributed by atoms with Crippen LogP contribution in [0, 0.1) is 11.3 Å². The standard InChI is InChI=1S/C15H15N3O3.C4H8/c1-10(18(2)3)4-7-14(19)17-13-6-5-11(9-16)8-12(13)15(20)21;1-3-4-2/h4-8H,1H2,2-3H3,(H,17,19)(H,20,21);3-4H,1-2H3/b7-4+;4-3-. The SMILES string of the molecule is C/C=C\C.C=C(/C=C/C(=O)Nc1ccc(C#N)cc1C(=O)O)N(C)C. The van der Waals surface area contributed by atoms with Gasteiger partial charge in [-0.3, -0.25) is 4.79 Å². The number of nitrogens with one attached hydrogen (secondary N) is 1. The third-order valence-electron chi connectivity index (χ3n) is 2.97. The van der Waals surface area contributed by atoms with Crippen molar-refractivity contribution in [3.8, 4) is 6.07 Å². The Morgan fingerprint density at radius 1 is 1.24 bits per heavy atom. The molecule has 25 heavy (non-hydrogen) atoms. The minimum atomic E-state index is -1.22. The average molecular weight is 341 g/mol. The lowest BCUT2D eigenvalue weighted by Gasteiger charge is -2.11. The third kappa shape index (κ3) is 8.18. The number of amides is 1. The Balaban J connectivity index is 0.00000129. The molecule has 0 saturated carbocycles. The molecule has 0 radical (unpaired) electrons. The van der Waals surface area contributed by atoms with E-state index in [9.17, 15) is 9.59 Å². The molecule has 1 rings (SSSR count). The molecule has 0 aliphatic carbocycles. The summed E-state index contributed by atoms with van der Waals surface area (Å²) < 4.78 is 0. The van der Waals surface area contributed by atoms with Gasteiger partial charge in [0, 0.05) is 25.9 Å². The molecule has 2 N–H and O–H groups in total. The van der Waals surface area contributed by atoms with Crippen LogP contribution in [0.4, 0.5) is 5.69 Å². The molecule has 0 saturated heterocycles. The first-order chi connectivity index (χ1) is 11.8. The summed E-state index contributed by atoms with van der Waals surface area (Å²) in [5, 5.41) is 20.3. The second-order valence-electron chi connectivity index (χ2n) is 5.05. The normalized spacial score (nSPS) is 9.88. The van der Waals surface area contributed by atoms with Crippen molar-refractivity contribution in [2.75, 3.05) is 19.4 Å². The Kier molecular flexibility index (Phi) is 9.75. The molecule has 0 aliphatic heterocycles. The molecule has 0 aromatic heterocycles. The number of carboxylic acid groups (broad SMARTS) is 1. The molecule has 1 amide bonds. The zero-order chi connectivity index (χ0) is 19.4. The number of nitrogens with zero attached hydrogens (tertiary/aromatic N) is 2. The lowest BCUT2D eigenvalue weighted by atomic mass is 10.1. The molecule has 6 heteroatoms. The summed E-state index contributed by atoms with van der Waals surface area (Å²) in [5.74, 6) is -1.70. The van der Waals surface area contributed by atoms with Crippen LogP contribution in [0.2, 0.25) is 0 Å². The summed E-state index contributed by atoms with van der Waals surface area (Å²) in [4.78, 5) is 24.6. The van der Waals surface area contributed by atoms with Crippen LogP contribution in [0.3, 0.4) is 0 Å². The van der Waals surface area contributed by atoms with E-state index in [-0.39, 0.29) is 16.8 Å². The van der Waals surface area contributed by atoms with Gasteiger partial charge in [0.25, 0.3) is 0 Å². The summed E-state index contributed by atoms with van der Waals surface area (Å²) >= 11 is 0. The zero-order valence-corrected chi connectivity index (χ0v) is 14.9. The Hall–Kier alpha value is -3.33. The van der Waals surface area contributed by atoms with Crippen LogP contribution in [-0.2, 0) is 4.79 Å². The fourth-order valence-electron chi connectivity index (χ4n) is 1.40. The number of carboxylic acids is 1. The first-order valence-corrected chi connectivity index (χ1v) is 7.46. The second-order valence-corrected chi connectivity index (χ2v) is 5.05. The van der Waals surface area contributed by atoms with Gasteiger partial charge in [0.15, 0.2) is 0 Å². The quantitative estimate of drug-likeness (QED) is 0.486. The number of likely N-dealkylation sites (N-methyl/N-ethyl adjacent to an activating group) is 1. The van der Waals surface area contributed by atoms with Gasteiger partial charge < -0.3 is 15.3 Å². The fraction of sp³-hybridized carbons (Fsp3) is 0.211. The topological polar surface area (TPSA) is 93.4 Å². The Morgan fingerprint density at radius 2 is 1.84 bits per heavy atom. The van der Waals surface area contributed by atoms with Gasteiger partial charge in [0.05, 0.1) is 22.9 Å². The van der Waals surface area contributed by atoms with Gasteiger partial charge in [-0.2, -0.15) is 5.26 Å². The largest absolute Gasteiger partial charge is 0.478 e. The van der Waals surface area contributed by atoms with E-state index < -0.39 is 11.9 Å². The van der Waals surface area contributed by atoms with Crippen LogP contribution < -0.4 is 5.32 Å². The molecule has 0 atom stereocenters. The number of carbonyl (C=O) groups excluding carboxylic acids is 1. The molecule has 1 aromatic rings. The number of carbonyl (C=O) groups is 2. The van der Waals surface area contributed by atoms with Gasteiger partial charge in [-0.1, -0.05) is 18.7 Å². The highest BCUT2D eigenvalue weighted by Crippen LogP contribution is 2.17. The van der Waals surface area contributed by atoms with E-state index in [2.05, 4.69) is 11.9 Å². The van der Waals surface area contributed by atoms with Crippen molar-refractivity contribution in [2.45, 2.75) is 13.8 Å². The Bertz CT molecular complexity index is 722. The molecule has 1 aromatic carbocycles. The number of hydrogen-bond donors (Lipinski definition) is 2. The summed E-state index contributed by atoms with van der Waals surface area (Å²) in [6.07, 6.45) is 6.77. The van der Waals surface area contributed by atoms with Crippen molar-refractivity contribution < 1.29 is 14.7 Å². The summed E-state index contributed by atoms with van der Waals surface area (Å²) in [7, 11) is 3.57. The fourth-order valence-corrected chi connectivity index (χ4v) is 1.40. The molecule has 0 heterocycles. The summed E-state index contributed by atoms with van der Waals surface area (Å²) in [6, 6.07) is 5.88. The van der Waals surface area contributed by atoms with E-state index in [1.165, 1.54) is 30.4 Å². The second kappa shape index (κ2) is 11.2. The average Bonchev–Trinajstić information content (AvgIpc) is 2.59. The summed E-state index contributed by atoms with van der Waals surface area (Å²) in [6.45, 7) is 7.73. The highest BCUT2D eigenvalue weighted by Gasteiger charge is 2.12. The van der Waals surface area contributed by atoms with E-state index in [0.717, 1.165) is 0 Å². The van der Waals surface area contributed by atoms with E-state index in [1.54, 1.807) is 19.0 Å². The van der Waals surface area contributed by atoms with Crippen LogP contribution in [0.25, 0.3) is 0 Å². The maximum absolute atomic E-state index is 11.8.